The van der Waals surface area contributed by atoms with Gasteiger partial charge in [-0.15, -0.1) is 0 Å². The van der Waals surface area contributed by atoms with Crippen LogP contribution in [0, 0.1) is 6.92 Å². The van der Waals surface area contributed by atoms with E-state index in [1.165, 1.54) is 0 Å². The molecule has 0 saturated heterocycles. The largest absolute Gasteiger partial charge is 1.00 e. The third-order valence-corrected chi connectivity index (χ3v) is 3.58. The SMILES string of the molecule is Cc1cc(Nc2cccc(O)c2)c2cc(Br)ccc2[nH+]1.[Cl-]. The first kappa shape index (κ1) is 15.6. The van der Waals surface area contributed by atoms with Crippen LogP contribution in [-0.4, -0.2) is 5.11 Å². The van der Waals surface area contributed by atoms with Crippen molar-refractivity contribution in [1.82, 2.24) is 0 Å². The Hall–Kier alpha value is -1.78. The Morgan fingerprint density at radius 1 is 1.10 bits per heavy atom. The van der Waals surface area contributed by atoms with Crippen molar-refractivity contribution in [3.8, 4) is 5.75 Å². The molecule has 0 unspecified atom stereocenters. The molecule has 0 aliphatic heterocycles. The van der Waals surface area contributed by atoms with Gasteiger partial charge in [0, 0.05) is 35.3 Å². The van der Waals surface area contributed by atoms with Gasteiger partial charge in [0.15, 0.2) is 5.69 Å². The highest BCUT2D eigenvalue weighted by Crippen LogP contribution is 2.28. The molecule has 0 amide bonds. The van der Waals surface area contributed by atoms with Crippen molar-refractivity contribution in [2.45, 2.75) is 6.92 Å². The minimum Gasteiger partial charge on any atom is -1.00 e. The van der Waals surface area contributed by atoms with Crippen molar-refractivity contribution in [2.75, 3.05) is 5.32 Å². The molecule has 0 fully saturated rings. The maximum absolute atomic E-state index is 9.55. The number of hydrogen-bond donors (Lipinski definition) is 2. The number of rotatable bonds is 2. The molecule has 1 heterocycles. The molecule has 0 aliphatic carbocycles. The molecule has 0 bridgehead atoms. The number of nitrogens with one attached hydrogen (secondary N) is 2. The van der Waals surface area contributed by atoms with E-state index >= 15 is 0 Å². The van der Waals surface area contributed by atoms with Gasteiger partial charge in [-0.3, -0.25) is 0 Å². The van der Waals surface area contributed by atoms with Crippen LogP contribution in [0.5, 0.6) is 5.75 Å². The summed E-state index contributed by atoms with van der Waals surface area (Å²) in [6.07, 6.45) is 0. The lowest BCUT2D eigenvalue weighted by Crippen LogP contribution is -3.00. The van der Waals surface area contributed by atoms with Crippen LogP contribution in [0.15, 0.2) is 53.0 Å². The van der Waals surface area contributed by atoms with E-state index in [9.17, 15) is 5.11 Å². The number of aromatic hydroxyl groups is 1. The van der Waals surface area contributed by atoms with E-state index in [1.807, 2.05) is 31.2 Å². The molecule has 0 aliphatic rings. The van der Waals surface area contributed by atoms with Crippen molar-refractivity contribution in [3.63, 3.8) is 0 Å². The molecule has 21 heavy (non-hydrogen) atoms. The summed E-state index contributed by atoms with van der Waals surface area (Å²) < 4.78 is 1.03. The zero-order valence-corrected chi connectivity index (χ0v) is 13.7. The van der Waals surface area contributed by atoms with Crippen LogP contribution in [0.25, 0.3) is 10.9 Å². The molecule has 108 valence electrons. The monoisotopic (exact) mass is 364 g/mol. The van der Waals surface area contributed by atoms with Crippen LogP contribution in [-0.2, 0) is 0 Å². The summed E-state index contributed by atoms with van der Waals surface area (Å²) in [5, 5.41) is 14.0. The van der Waals surface area contributed by atoms with E-state index in [-0.39, 0.29) is 18.2 Å². The Morgan fingerprint density at radius 2 is 1.90 bits per heavy atom. The summed E-state index contributed by atoms with van der Waals surface area (Å²) in [6.45, 7) is 2.02. The normalized spacial score (nSPS) is 10.2. The number of phenolic OH excluding ortho intramolecular Hbond substituents is 1. The number of pyridine rings is 1. The molecular formula is C16H14BrClN2O. The summed E-state index contributed by atoms with van der Waals surface area (Å²) in [7, 11) is 0. The van der Waals surface area contributed by atoms with E-state index in [0.29, 0.717) is 0 Å². The number of aryl methyl sites for hydroxylation is 1. The first-order valence-corrected chi connectivity index (χ1v) is 7.09. The molecule has 0 spiro atoms. The van der Waals surface area contributed by atoms with Gasteiger partial charge in [0.1, 0.15) is 5.75 Å². The maximum atomic E-state index is 9.55. The van der Waals surface area contributed by atoms with Crippen molar-refractivity contribution in [2.24, 2.45) is 0 Å². The predicted octanol–water partition coefficient (Wildman–Crippen LogP) is 1.18. The van der Waals surface area contributed by atoms with Crippen molar-refractivity contribution >= 4 is 38.2 Å². The summed E-state index contributed by atoms with van der Waals surface area (Å²) in [4.78, 5) is 3.34. The van der Waals surface area contributed by atoms with E-state index in [4.69, 9.17) is 0 Å². The van der Waals surface area contributed by atoms with E-state index in [0.717, 1.165) is 32.4 Å². The fraction of sp³-hybridized carbons (Fsp3) is 0.0625. The lowest BCUT2D eigenvalue weighted by molar-refractivity contribution is -0.354. The van der Waals surface area contributed by atoms with Crippen LogP contribution in [0.2, 0.25) is 0 Å². The highest BCUT2D eigenvalue weighted by molar-refractivity contribution is 9.10. The number of hydrogen-bond acceptors (Lipinski definition) is 2. The molecule has 3 aromatic rings. The zero-order valence-electron chi connectivity index (χ0n) is 11.3. The van der Waals surface area contributed by atoms with Crippen molar-refractivity contribution < 1.29 is 22.5 Å². The van der Waals surface area contributed by atoms with Gasteiger partial charge in [-0.25, -0.2) is 4.98 Å². The summed E-state index contributed by atoms with van der Waals surface area (Å²) >= 11 is 3.50. The molecule has 5 heteroatoms. The van der Waals surface area contributed by atoms with Crippen LogP contribution < -0.4 is 22.7 Å². The molecular weight excluding hydrogens is 352 g/mol. The Kier molecular flexibility index (Phi) is 4.70. The van der Waals surface area contributed by atoms with Gasteiger partial charge in [0.25, 0.3) is 0 Å². The smallest absolute Gasteiger partial charge is 0.213 e. The Labute approximate surface area is 137 Å². The fourth-order valence-electron chi connectivity index (χ4n) is 2.23. The standard InChI is InChI=1S/C16H13BrN2O.ClH/c1-10-7-16(19-12-3-2-4-13(20)9-12)14-8-11(17)5-6-15(14)18-10;/h2-9,20H,1H3,(H,18,19);1H. The Bertz CT molecular complexity index is 792. The highest BCUT2D eigenvalue weighted by Gasteiger charge is 2.10. The summed E-state index contributed by atoms with van der Waals surface area (Å²) in [6, 6.07) is 15.3. The molecule has 0 saturated carbocycles. The number of H-pyrrole nitrogens is 1. The number of aromatic nitrogens is 1. The first-order valence-electron chi connectivity index (χ1n) is 6.30. The van der Waals surface area contributed by atoms with Gasteiger partial charge in [-0.2, -0.15) is 0 Å². The molecule has 2 aromatic carbocycles. The van der Waals surface area contributed by atoms with Gasteiger partial charge in [0.2, 0.25) is 5.52 Å². The average Bonchev–Trinajstić information content (AvgIpc) is 2.39. The lowest BCUT2D eigenvalue weighted by atomic mass is 10.1. The molecule has 3 nitrogen and oxygen atoms in total. The van der Waals surface area contributed by atoms with Crippen molar-refractivity contribution in [1.29, 1.82) is 0 Å². The van der Waals surface area contributed by atoms with Crippen LogP contribution in [0.1, 0.15) is 5.69 Å². The summed E-state index contributed by atoms with van der Waals surface area (Å²) in [5.74, 6) is 0.250. The number of anilines is 2. The maximum Gasteiger partial charge on any atom is 0.213 e. The van der Waals surface area contributed by atoms with E-state index in [2.05, 4.69) is 38.4 Å². The minimum atomic E-state index is 0. The van der Waals surface area contributed by atoms with E-state index in [1.54, 1.807) is 12.1 Å². The van der Waals surface area contributed by atoms with Gasteiger partial charge >= 0.3 is 0 Å². The number of benzene rings is 2. The topological polar surface area (TPSA) is 46.4 Å². The number of phenols is 1. The quantitative estimate of drug-likeness (QED) is 0.716. The second kappa shape index (κ2) is 6.33. The average molecular weight is 366 g/mol. The van der Waals surface area contributed by atoms with Crippen LogP contribution >= 0.6 is 15.9 Å². The fourth-order valence-corrected chi connectivity index (χ4v) is 2.59. The van der Waals surface area contributed by atoms with Crippen LogP contribution in [0.3, 0.4) is 0 Å². The lowest BCUT2D eigenvalue weighted by Gasteiger charge is -2.09. The first-order chi connectivity index (χ1) is 9.61. The Morgan fingerprint density at radius 3 is 2.67 bits per heavy atom. The number of aromatic amines is 1. The van der Waals surface area contributed by atoms with Gasteiger partial charge < -0.3 is 22.8 Å². The molecule has 0 atom stereocenters. The highest BCUT2D eigenvalue weighted by atomic mass is 79.9. The third kappa shape index (κ3) is 3.46. The molecule has 3 rings (SSSR count). The molecule has 1 aromatic heterocycles. The van der Waals surface area contributed by atoms with Crippen molar-refractivity contribution in [3.05, 3.63) is 58.7 Å². The van der Waals surface area contributed by atoms with Crippen LogP contribution in [0.4, 0.5) is 11.4 Å². The Balaban J connectivity index is 0.00000161. The third-order valence-electron chi connectivity index (χ3n) is 3.09. The second-order valence-corrected chi connectivity index (χ2v) is 5.65. The summed E-state index contributed by atoms with van der Waals surface area (Å²) in [5.41, 5.74) is 4.00. The van der Waals surface area contributed by atoms with Gasteiger partial charge in [-0.1, -0.05) is 22.0 Å². The molecule has 0 radical (unpaired) electrons. The zero-order chi connectivity index (χ0) is 14.1. The molecule has 3 N–H and O–H groups in total. The van der Waals surface area contributed by atoms with Gasteiger partial charge in [0.05, 0.1) is 11.1 Å². The van der Waals surface area contributed by atoms with Gasteiger partial charge in [-0.05, 0) is 24.3 Å². The second-order valence-electron chi connectivity index (χ2n) is 4.73. The number of halogens is 2. The predicted molar refractivity (Wildman–Crippen MR) is 84.3 cm³/mol. The number of fused-ring (bicyclic) bond motifs is 1. The van der Waals surface area contributed by atoms with E-state index < -0.39 is 0 Å². The minimum absolute atomic E-state index is 0.